The Morgan fingerprint density at radius 1 is 1.28 bits per heavy atom. The first kappa shape index (κ1) is 15.2. The summed E-state index contributed by atoms with van der Waals surface area (Å²) in [5.41, 5.74) is 2.62. The van der Waals surface area contributed by atoms with Gasteiger partial charge in [-0.3, -0.25) is 0 Å². The summed E-state index contributed by atoms with van der Waals surface area (Å²) in [6.45, 7) is 4.91. The zero-order valence-corrected chi connectivity index (χ0v) is 11.6. The van der Waals surface area contributed by atoms with Gasteiger partial charge in [0, 0.05) is 13.2 Å². The minimum absolute atomic E-state index is 0.0136. The Bertz CT molecular complexity index is 324. The van der Waals surface area contributed by atoms with Crippen molar-refractivity contribution >= 4 is 0 Å². The van der Waals surface area contributed by atoms with Gasteiger partial charge in [0.2, 0.25) is 0 Å². The van der Waals surface area contributed by atoms with Gasteiger partial charge in [0.05, 0.1) is 19.3 Å². The van der Waals surface area contributed by atoms with Crippen molar-refractivity contribution in [3.05, 3.63) is 35.4 Å². The maximum atomic E-state index is 9.22. The Balaban J connectivity index is 2.57. The molecule has 1 aromatic carbocycles. The Labute approximate surface area is 110 Å². The summed E-state index contributed by atoms with van der Waals surface area (Å²) in [5.74, 6) is 0. The molecule has 0 heterocycles. The predicted molar refractivity (Wildman–Crippen MR) is 74.7 cm³/mol. The van der Waals surface area contributed by atoms with E-state index in [4.69, 9.17) is 4.74 Å². The lowest BCUT2D eigenvalue weighted by molar-refractivity contribution is 0.123. The first-order chi connectivity index (χ1) is 8.71. The van der Waals surface area contributed by atoms with Crippen LogP contribution in [0.2, 0.25) is 0 Å². The second kappa shape index (κ2) is 8.25. The van der Waals surface area contributed by atoms with E-state index >= 15 is 0 Å². The van der Waals surface area contributed by atoms with Crippen LogP contribution in [-0.2, 0) is 11.2 Å². The summed E-state index contributed by atoms with van der Waals surface area (Å²) in [6, 6.07) is 8.88. The number of hydrogen-bond acceptors (Lipinski definition) is 3. The summed E-state index contributed by atoms with van der Waals surface area (Å²) in [5, 5.41) is 12.6. The van der Waals surface area contributed by atoms with Crippen molar-refractivity contribution in [3.8, 4) is 0 Å². The van der Waals surface area contributed by atoms with E-state index in [2.05, 4.69) is 43.4 Å². The molecule has 102 valence electrons. The summed E-state index contributed by atoms with van der Waals surface area (Å²) < 4.78 is 5.06. The molecule has 0 aliphatic rings. The summed E-state index contributed by atoms with van der Waals surface area (Å²) >= 11 is 0. The molecule has 0 aliphatic carbocycles. The van der Waals surface area contributed by atoms with E-state index in [9.17, 15) is 5.11 Å². The predicted octanol–water partition coefficient (Wildman–Crippen LogP) is 2.30. The highest BCUT2D eigenvalue weighted by Gasteiger charge is 2.12. The van der Waals surface area contributed by atoms with Gasteiger partial charge < -0.3 is 15.2 Å². The molecular weight excluding hydrogens is 226 g/mol. The average Bonchev–Trinajstić information content (AvgIpc) is 2.39. The molecule has 3 heteroatoms. The van der Waals surface area contributed by atoms with Gasteiger partial charge in [0.15, 0.2) is 0 Å². The lowest BCUT2D eigenvalue weighted by Gasteiger charge is -2.21. The van der Waals surface area contributed by atoms with Gasteiger partial charge in [-0.15, -0.1) is 0 Å². The van der Waals surface area contributed by atoms with E-state index in [0.29, 0.717) is 6.61 Å². The highest BCUT2D eigenvalue weighted by Crippen LogP contribution is 2.15. The van der Waals surface area contributed by atoms with Crippen molar-refractivity contribution in [2.24, 2.45) is 0 Å². The smallest absolute Gasteiger partial charge is 0.0638 e. The number of ether oxygens (including phenoxy) is 1. The van der Waals surface area contributed by atoms with Crippen molar-refractivity contribution in [1.82, 2.24) is 5.32 Å². The number of hydrogen-bond donors (Lipinski definition) is 2. The van der Waals surface area contributed by atoms with E-state index in [0.717, 1.165) is 6.42 Å². The molecule has 2 N–H and O–H groups in total. The van der Waals surface area contributed by atoms with E-state index in [1.165, 1.54) is 17.5 Å². The highest BCUT2D eigenvalue weighted by atomic mass is 16.5. The Kier molecular flexibility index (Phi) is 6.94. The fourth-order valence-corrected chi connectivity index (χ4v) is 2.07. The normalized spacial score (nSPS) is 14.4. The first-order valence-corrected chi connectivity index (χ1v) is 6.66. The van der Waals surface area contributed by atoms with Crippen LogP contribution in [0.3, 0.4) is 0 Å². The number of aryl methyl sites for hydroxylation is 1. The van der Waals surface area contributed by atoms with Crippen LogP contribution >= 0.6 is 0 Å². The van der Waals surface area contributed by atoms with Crippen LogP contribution in [0, 0.1) is 0 Å². The van der Waals surface area contributed by atoms with Crippen molar-refractivity contribution in [2.45, 2.75) is 38.8 Å². The molecule has 18 heavy (non-hydrogen) atoms. The van der Waals surface area contributed by atoms with Crippen LogP contribution in [0.5, 0.6) is 0 Å². The molecule has 0 radical (unpaired) electrons. The summed E-state index contributed by atoms with van der Waals surface area (Å²) in [7, 11) is 1.65. The standard InChI is InChI=1S/C15H25NO2/c1-4-5-13-6-8-14(9-7-13)12(2)16-15(10-17)11-18-3/h6-9,12,15-17H,4-5,10-11H2,1-3H3. The Hall–Kier alpha value is -0.900. The van der Waals surface area contributed by atoms with Crippen LogP contribution in [-0.4, -0.2) is 31.5 Å². The van der Waals surface area contributed by atoms with Gasteiger partial charge in [0.25, 0.3) is 0 Å². The summed E-state index contributed by atoms with van der Waals surface area (Å²) in [6.07, 6.45) is 2.30. The average molecular weight is 251 g/mol. The minimum atomic E-state index is -0.0136. The van der Waals surface area contributed by atoms with Gasteiger partial charge in [-0.25, -0.2) is 0 Å². The molecule has 0 saturated carbocycles. The third-order valence-corrected chi connectivity index (χ3v) is 3.09. The number of rotatable bonds is 8. The topological polar surface area (TPSA) is 41.5 Å². The largest absolute Gasteiger partial charge is 0.395 e. The van der Waals surface area contributed by atoms with Gasteiger partial charge in [-0.2, -0.15) is 0 Å². The molecule has 0 spiro atoms. The molecule has 2 atom stereocenters. The minimum Gasteiger partial charge on any atom is -0.395 e. The zero-order valence-electron chi connectivity index (χ0n) is 11.6. The Morgan fingerprint density at radius 2 is 1.94 bits per heavy atom. The fraction of sp³-hybridized carbons (Fsp3) is 0.600. The number of methoxy groups -OCH3 is 1. The van der Waals surface area contributed by atoms with E-state index in [1.54, 1.807) is 7.11 Å². The van der Waals surface area contributed by atoms with Gasteiger partial charge >= 0.3 is 0 Å². The van der Waals surface area contributed by atoms with Gasteiger partial charge in [0.1, 0.15) is 0 Å². The third-order valence-electron chi connectivity index (χ3n) is 3.09. The van der Waals surface area contributed by atoms with Gasteiger partial charge in [-0.1, -0.05) is 37.6 Å². The molecular formula is C15H25NO2. The quantitative estimate of drug-likeness (QED) is 0.745. The highest BCUT2D eigenvalue weighted by molar-refractivity contribution is 5.24. The molecule has 0 saturated heterocycles. The monoisotopic (exact) mass is 251 g/mol. The third kappa shape index (κ3) is 4.77. The number of nitrogens with one attached hydrogen (secondary N) is 1. The van der Waals surface area contributed by atoms with Crippen LogP contribution in [0.25, 0.3) is 0 Å². The molecule has 0 bridgehead atoms. The second-order valence-corrected chi connectivity index (χ2v) is 4.71. The van der Waals surface area contributed by atoms with Crippen molar-refractivity contribution in [2.75, 3.05) is 20.3 Å². The fourth-order valence-electron chi connectivity index (χ4n) is 2.07. The zero-order chi connectivity index (χ0) is 13.4. The Morgan fingerprint density at radius 3 is 2.44 bits per heavy atom. The van der Waals surface area contributed by atoms with E-state index in [1.807, 2.05) is 0 Å². The van der Waals surface area contributed by atoms with Crippen LogP contribution in [0.15, 0.2) is 24.3 Å². The van der Waals surface area contributed by atoms with E-state index in [-0.39, 0.29) is 18.7 Å². The van der Waals surface area contributed by atoms with Crippen molar-refractivity contribution in [1.29, 1.82) is 0 Å². The lowest BCUT2D eigenvalue weighted by atomic mass is 10.0. The molecule has 1 aromatic rings. The lowest BCUT2D eigenvalue weighted by Crippen LogP contribution is -2.38. The number of aliphatic hydroxyl groups is 1. The SMILES string of the molecule is CCCc1ccc(C(C)NC(CO)COC)cc1. The maximum absolute atomic E-state index is 9.22. The molecule has 2 unspecified atom stereocenters. The first-order valence-electron chi connectivity index (χ1n) is 6.66. The molecule has 0 aliphatic heterocycles. The number of aliphatic hydroxyl groups excluding tert-OH is 1. The van der Waals surface area contributed by atoms with Gasteiger partial charge in [-0.05, 0) is 24.5 Å². The van der Waals surface area contributed by atoms with Crippen LogP contribution in [0.4, 0.5) is 0 Å². The molecule has 3 nitrogen and oxygen atoms in total. The van der Waals surface area contributed by atoms with Crippen LogP contribution in [0.1, 0.15) is 37.4 Å². The molecule has 0 aromatic heterocycles. The second-order valence-electron chi connectivity index (χ2n) is 4.71. The van der Waals surface area contributed by atoms with Crippen LogP contribution < -0.4 is 5.32 Å². The molecule has 0 amide bonds. The molecule has 1 rings (SSSR count). The summed E-state index contributed by atoms with van der Waals surface area (Å²) in [4.78, 5) is 0. The van der Waals surface area contributed by atoms with Crippen molar-refractivity contribution < 1.29 is 9.84 Å². The maximum Gasteiger partial charge on any atom is 0.0638 e. The van der Waals surface area contributed by atoms with Crippen molar-refractivity contribution in [3.63, 3.8) is 0 Å². The molecule has 0 fully saturated rings. The number of benzene rings is 1. The van der Waals surface area contributed by atoms with E-state index < -0.39 is 0 Å².